The van der Waals surface area contributed by atoms with Crippen molar-refractivity contribution in [2.45, 2.75) is 49.4 Å². The number of nitrogens with one attached hydrogen (secondary N) is 1. The Morgan fingerprint density at radius 1 is 1.28 bits per heavy atom. The summed E-state index contributed by atoms with van der Waals surface area (Å²) in [6.45, 7) is 5.08. The van der Waals surface area contributed by atoms with Gasteiger partial charge < -0.3 is 15.0 Å². The Labute approximate surface area is 192 Å². The lowest BCUT2D eigenvalue weighted by molar-refractivity contribution is -0.120. The van der Waals surface area contributed by atoms with Crippen LogP contribution in [0.4, 0.5) is 10.3 Å². The molecule has 2 aliphatic rings. The molecule has 0 saturated carbocycles. The van der Waals surface area contributed by atoms with Crippen LogP contribution >= 0.6 is 11.8 Å². The summed E-state index contributed by atoms with van der Waals surface area (Å²) < 4.78 is 21.3. The quantitative estimate of drug-likeness (QED) is 0.479. The van der Waals surface area contributed by atoms with E-state index in [1.807, 2.05) is 17.6 Å². The lowest BCUT2D eigenvalue weighted by Crippen LogP contribution is -2.38. The van der Waals surface area contributed by atoms with Crippen LogP contribution in [0.5, 0.6) is 0 Å². The van der Waals surface area contributed by atoms with Gasteiger partial charge in [-0.15, -0.1) is 10.2 Å². The summed E-state index contributed by atoms with van der Waals surface area (Å²) in [5.41, 5.74) is 2.08. The highest BCUT2D eigenvalue weighted by Gasteiger charge is 2.25. The van der Waals surface area contributed by atoms with Gasteiger partial charge in [0.1, 0.15) is 5.82 Å². The minimum atomic E-state index is -0.357. The van der Waals surface area contributed by atoms with Crippen molar-refractivity contribution >= 4 is 23.6 Å². The highest BCUT2D eigenvalue weighted by Crippen LogP contribution is 2.30. The fourth-order valence-corrected chi connectivity index (χ4v) is 4.87. The molecule has 1 aromatic carbocycles. The third kappa shape index (κ3) is 5.69. The first-order valence-electron chi connectivity index (χ1n) is 11.3. The predicted octanol–water partition coefficient (Wildman–Crippen LogP) is 3.73. The van der Waals surface area contributed by atoms with Crippen LogP contribution in [-0.2, 0) is 9.53 Å². The molecule has 1 saturated heterocycles. The van der Waals surface area contributed by atoms with E-state index in [4.69, 9.17) is 4.74 Å². The average Bonchev–Trinajstić information content (AvgIpc) is 3.23. The van der Waals surface area contributed by atoms with Gasteiger partial charge in [0.2, 0.25) is 11.9 Å². The highest BCUT2D eigenvalue weighted by atomic mass is 32.2. The highest BCUT2D eigenvalue weighted by molar-refractivity contribution is 8.00. The van der Waals surface area contributed by atoms with Gasteiger partial charge in [0.15, 0.2) is 5.16 Å². The van der Waals surface area contributed by atoms with Gasteiger partial charge in [-0.3, -0.25) is 9.36 Å². The molecule has 1 atom stereocenters. The number of rotatable bonds is 8. The Hall–Kier alpha value is -2.39. The zero-order valence-corrected chi connectivity index (χ0v) is 19.2. The molecule has 9 heteroatoms. The van der Waals surface area contributed by atoms with Crippen molar-refractivity contribution in [1.82, 2.24) is 20.1 Å². The molecule has 172 valence electrons. The van der Waals surface area contributed by atoms with E-state index in [1.54, 1.807) is 6.07 Å². The molecule has 1 aliphatic heterocycles. The average molecular weight is 460 g/mol. The van der Waals surface area contributed by atoms with E-state index in [0.717, 1.165) is 19.3 Å². The van der Waals surface area contributed by atoms with E-state index < -0.39 is 0 Å². The number of thioether (sulfide) groups is 1. The molecule has 32 heavy (non-hydrogen) atoms. The molecular formula is C23H30FN5O2S. The number of aromatic nitrogens is 3. The molecule has 1 amide bonds. The largest absolute Gasteiger partial charge is 0.378 e. The Morgan fingerprint density at radius 3 is 2.88 bits per heavy atom. The van der Waals surface area contributed by atoms with Crippen LogP contribution in [0.15, 0.2) is 41.1 Å². The maximum Gasteiger partial charge on any atom is 0.233 e. The fraction of sp³-hybridized carbons (Fsp3) is 0.522. The van der Waals surface area contributed by atoms with Gasteiger partial charge in [-0.1, -0.05) is 29.5 Å². The molecular weight excluding hydrogens is 429 g/mol. The molecule has 0 radical (unpaired) electrons. The normalized spacial score (nSPS) is 17.7. The molecule has 1 aromatic heterocycles. The summed E-state index contributed by atoms with van der Waals surface area (Å²) in [5, 5.41) is 12.0. The van der Waals surface area contributed by atoms with Crippen LogP contribution in [0.3, 0.4) is 0 Å². The number of anilines is 1. The Bertz CT molecular complexity index is 958. The van der Waals surface area contributed by atoms with Crippen molar-refractivity contribution in [1.29, 1.82) is 0 Å². The monoisotopic (exact) mass is 459 g/mol. The molecule has 2 heterocycles. The van der Waals surface area contributed by atoms with E-state index >= 15 is 0 Å². The first-order valence-corrected chi connectivity index (χ1v) is 12.2. The molecule has 0 spiro atoms. The lowest BCUT2D eigenvalue weighted by Gasteiger charge is -2.28. The molecule has 1 fully saturated rings. The van der Waals surface area contributed by atoms with Crippen molar-refractivity contribution < 1.29 is 13.9 Å². The maximum atomic E-state index is 14.0. The number of allylic oxidation sites excluding steroid dienone is 1. The summed E-state index contributed by atoms with van der Waals surface area (Å²) in [7, 11) is 0. The number of amides is 1. The standard InChI is InChI=1S/C23H30FN5O2S/c1-17(21(30)25-11-10-18-6-3-2-4-7-18)32-23-27-26-22(28-12-14-31-15-13-28)29(23)20-9-5-8-19(24)16-20/h5-6,8-9,16-17H,2-4,7,10-15H2,1H3,(H,25,30). The van der Waals surface area contributed by atoms with Crippen LogP contribution in [0.2, 0.25) is 0 Å². The van der Waals surface area contributed by atoms with Gasteiger partial charge in [-0.05, 0) is 57.2 Å². The van der Waals surface area contributed by atoms with Gasteiger partial charge in [0.05, 0.1) is 24.2 Å². The Morgan fingerprint density at radius 2 is 2.12 bits per heavy atom. The zero-order valence-electron chi connectivity index (χ0n) is 18.4. The van der Waals surface area contributed by atoms with Gasteiger partial charge in [-0.25, -0.2) is 4.39 Å². The van der Waals surface area contributed by atoms with Crippen LogP contribution in [-0.4, -0.2) is 58.8 Å². The molecule has 2 aromatic rings. The van der Waals surface area contributed by atoms with Crippen LogP contribution < -0.4 is 10.2 Å². The number of halogens is 1. The van der Waals surface area contributed by atoms with E-state index in [0.29, 0.717) is 49.6 Å². The number of carbonyl (C=O) groups excluding carboxylic acids is 1. The van der Waals surface area contributed by atoms with Crippen molar-refractivity contribution in [3.63, 3.8) is 0 Å². The van der Waals surface area contributed by atoms with Crippen molar-refractivity contribution in [2.24, 2.45) is 0 Å². The molecule has 7 nitrogen and oxygen atoms in total. The van der Waals surface area contributed by atoms with E-state index in [1.165, 1.54) is 42.3 Å². The number of carbonyl (C=O) groups is 1. The number of hydrogen-bond acceptors (Lipinski definition) is 6. The second-order valence-electron chi connectivity index (χ2n) is 8.11. The minimum absolute atomic E-state index is 0.0341. The van der Waals surface area contributed by atoms with Crippen molar-refractivity contribution in [3.05, 3.63) is 41.7 Å². The lowest BCUT2D eigenvalue weighted by atomic mass is 9.97. The topological polar surface area (TPSA) is 72.3 Å². The number of benzene rings is 1. The molecule has 0 bridgehead atoms. The maximum absolute atomic E-state index is 14.0. The van der Waals surface area contributed by atoms with Crippen molar-refractivity contribution in [3.8, 4) is 5.69 Å². The first kappa shape index (κ1) is 22.8. The summed E-state index contributed by atoms with van der Waals surface area (Å²) in [6.07, 6.45) is 8.01. The SMILES string of the molecule is CC(Sc1nnc(N2CCOCC2)n1-c1cccc(F)c1)C(=O)NCCC1=CCCCC1. The van der Waals surface area contributed by atoms with Gasteiger partial charge >= 0.3 is 0 Å². The smallest absolute Gasteiger partial charge is 0.233 e. The van der Waals surface area contributed by atoms with Crippen LogP contribution in [0.1, 0.15) is 39.0 Å². The summed E-state index contributed by atoms with van der Waals surface area (Å²) in [6, 6.07) is 6.36. The van der Waals surface area contributed by atoms with E-state index in [2.05, 4.69) is 26.5 Å². The zero-order chi connectivity index (χ0) is 22.3. The third-order valence-corrected chi connectivity index (χ3v) is 6.80. The summed E-state index contributed by atoms with van der Waals surface area (Å²) >= 11 is 1.33. The van der Waals surface area contributed by atoms with Gasteiger partial charge in [0.25, 0.3) is 0 Å². The second kappa shape index (κ2) is 11.0. The number of morpholine rings is 1. The van der Waals surface area contributed by atoms with Crippen LogP contribution in [0.25, 0.3) is 5.69 Å². The predicted molar refractivity (Wildman–Crippen MR) is 124 cm³/mol. The van der Waals surface area contributed by atoms with Crippen molar-refractivity contribution in [2.75, 3.05) is 37.7 Å². The molecule has 1 unspecified atom stereocenters. The van der Waals surface area contributed by atoms with Crippen LogP contribution in [0, 0.1) is 5.82 Å². The fourth-order valence-electron chi connectivity index (χ4n) is 3.98. The molecule has 4 rings (SSSR count). The van der Waals surface area contributed by atoms with Gasteiger partial charge in [-0.2, -0.15) is 0 Å². The second-order valence-corrected chi connectivity index (χ2v) is 9.41. The van der Waals surface area contributed by atoms with E-state index in [-0.39, 0.29) is 17.0 Å². The number of ether oxygens (including phenoxy) is 1. The Balaban J connectivity index is 1.46. The third-order valence-electron chi connectivity index (χ3n) is 5.76. The molecule has 1 aliphatic carbocycles. The number of hydrogen-bond donors (Lipinski definition) is 1. The van der Waals surface area contributed by atoms with E-state index in [9.17, 15) is 9.18 Å². The minimum Gasteiger partial charge on any atom is -0.378 e. The summed E-state index contributed by atoms with van der Waals surface area (Å²) in [5.74, 6) is 0.272. The van der Waals surface area contributed by atoms with Gasteiger partial charge in [0, 0.05) is 19.6 Å². The summed E-state index contributed by atoms with van der Waals surface area (Å²) in [4.78, 5) is 14.8. The molecule has 1 N–H and O–H groups in total. The Kier molecular flexibility index (Phi) is 7.81. The number of nitrogens with zero attached hydrogens (tertiary/aromatic N) is 4. The first-order chi connectivity index (χ1) is 15.6.